The van der Waals surface area contributed by atoms with Crippen LogP contribution in [0.2, 0.25) is 0 Å². The molecule has 40 heteroatoms. The molecule has 7 aliphatic heterocycles. The van der Waals surface area contributed by atoms with Gasteiger partial charge in [-0.25, -0.2) is 0 Å². The zero-order chi connectivity index (χ0) is 68.8. The lowest BCUT2D eigenvalue weighted by Gasteiger charge is -2.51. The Balaban J connectivity index is 1.10. The Bertz CT molecular complexity index is 2380. The highest BCUT2D eigenvalue weighted by Crippen LogP contribution is 2.40. The van der Waals surface area contributed by atoms with E-state index in [2.05, 4.69) is 16.0 Å². The van der Waals surface area contributed by atoms with Gasteiger partial charge in [0, 0.05) is 26.7 Å². The van der Waals surface area contributed by atoms with Gasteiger partial charge in [-0.05, 0) is 6.92 Å². The normalized spacial score (nSPS) is 47.2. The second kappa shape index (κ2) is 33.4. The monoisotopic (exact) mass is 1360 g/mol. The molecule has 13 unspecified atom stereocenters. The van der Waals surface area contributed by atoms with Crippen molar-refractivity contribution >= 4 is 24.2 Å². The Labute approximate surface area is 529 Å². The topological polar surface area (TPSA) is 618 Å². The van der Waals surface area contributed by atoms with Gasteiger partial charge in [0.25, 0.3) is 6.47 Å². The quantitative estimate of drug-likeness (QED) is 0.0282. The number of nitrogens with one attached hydrogen (secondary N) is 3. The molecule has 22 N–H and O–H groups in total. The van der Waals surface area contributed by atoms with Crippen LogP contribution in [0.1, 0.15) is 41.0 Å². The minimum atomic E-state index is -2.60. The molecule has 0 bridgehead atoms. The Morgan fingerprint density at radius 2 is 0.882 bits per heavy atom. The molecule has 7 heterocycles. The number of amides is 3. The highest BCUT2D eigenvalue weighted by Gasteiger charge is 2.60. The first-order valence-corrected chi connectivity index (χ1v) is 29.9. The highest BCUT2D eigenvalue weighted by molar-refractivity contribution is 5.74. The summed E-state index contributed by atoms with van der Waals surface area (Å²) >= 11 is 0. The van der Waals surface area contributed by atoms with Gasteiger partial charge >= 0.3 is 5.97 Å². The van der Waals surface area contributed by atoms with E-state index in [4.69, 9.17) is 66.3 Å². The Hall–Kier alpha value is -3.40. The average molecular weight is 1360 g/mol. The highest BCUT2D eigenvalue weighted by atomic mass is 16.9. The maximum atomic E-state index is 12.9. The summed E-state index contributed by atoms with van der Waals surface area (Å²) in [6.45, 7) is -1.08. The van der Waals surface area contributed by atoms with E-state index in [1.165, 1.54) is 20.8 Å². The molecule has 7 fully saturated rings. The van der Waals surface area contributed by atoms with E-state index in [1.54, 1.807) is 0 Å². The maximum Gasteiger partial charge on any atom is 0.332 e. The number of hydrogen-bond donors (Lipinski definition) is 22. The van der Waals surface area contributed by atoms with Gasteiger partial charge in [-0.3, -0.25) is 19.2 Å². The van der Waals surface area contributed by atoms with Crippen LogP contribution in [0, 0.1) is 5.92 Å². The molecule has 36 atom stereocenters. The summed E-state index contributed by atoms with van der Waals surface area (Å²) in [4.78, 5) is 49.3. The lowest BCUT2D eigenvalue weighted by molar-refractivity contribution is -0.424. The largest absolute Gasteiger partial charge is 0.410 e. The van der Waals surface area contributed by atoms with Gasteiger partial charge in [0.05, 0.1) is 77.0 Å². The SMILES string of the molecule is CC(=O)NC1[C@H](OC2C(O)[C@@H](O)[C@@H](CO)O[C@H]2O[C@@H]2C(O)[C@H](O[C@H]3C(CO)O[C@@H](O[C@H]4C(CO)O[C@@H](C)C(NC(C)=O)[C@H]4O)C(NC(C)=O)[C@H]3O)OC(CO)[C@@H]2O)OC(CO)[C@H](O[C@@H]2OC(CO[C@]3(OC=O)C[C@H](O)[C@@H](C)C([C@H](O)[C@@H](O)CO)O3)[C@H](O)[C@H](O)C2O)[C@@H]1O. The van der Waals surface area contributed by atoms with E-state index in [9.17, 15) is 116 Å². The molecule has 538 valence electrons. The summed E-state index contributed by atoms with van der Waals surface area (Å²) in [6.07, 6.45) is -59.7. The summed E-state index contributed by atoms with van der Waals surface area (Å²) in [5.41, 5.74) is 0. The third kappa shape index (κ3) is 17.2. The third-order valence-corrected chi connectivity index (χ3v) is 17.2. The summed E-state index contributed by atoms with van der Waals surface area (Å²) in [7, 11) is 0. The van der Waals surface area contributed by atoms with Crippen LogP contribution >= 0.6 is 0 Å². The number of rotatable bonds is 26. The minimum absolute atomic E-state index is 0.161. The van der Waals surface area contributed by atoms with Crippen molar-refractivity contribution in [2.45, 2.75) is 255 Å². The van der Waals surface area contributed by atoms with E-state index in [-0.39, 0.29) is 6.47 Å². The van der Waals surface area contributed by atoms with Crippen molar-refractivity contribution in [2.24, 2.45) is 5.92 Å². The Kier molecular flexibility index (Phi) is 27.7. The number of aliphatic hydroxyl groups is 19. The van der Waals surface area contributed by atoms with Crippen molar-refractivity contribution in [3.8, 4) is 0 Å². The lowest BCUT2D eigenvalue weighted by Crippen LogP contribution is -2.70. The van der Waals surface area contributed by atoms with Crippen LogP contribution in [-0.2, 0) is 85.5 Å². The second-order valence-corrected chi connectivity index (χ2v) is 23.8. The first-order chi connectivity index (χ1) is 43.9. The van der Waals surface area contributed by atoms with Gasteiger partial charge < -0.3 is 179 Å². The first kappa shape index (κ1) is 77.0. The zero-order valence-corrected chi connectivity index (χ0v) is 50.8. The zero-order valence-electron chi connectivity index (χ0n) is 50.8. The molecule has 7 saturated heterocycles. The Morgan fingerprint density at radius 1 is 0.473 bits per heavy atom. The van der Waals surface area contributed by atoms with Crippen molar-refractivity contribution in [3.05, 3.63) is 0 Å². The van der Waals surface area contributed by atoms with Crippen molar-refractivity contribution in [1.82, 2.24) is 16.0 Å². The van der Waals surface area contributed by atoms with Gasteiger partial charge in [0.1, 0.15) is 152 Å². The van der Waals surface area contributed by atoms with Gasteiger partial charge in [-0.2, -0.15) is 0 Å². The molecule has 0 saturated carbocycles. The fourth-order valence-corrected chi connectivity index (χ4v) is 12.2. The number of carbonyl (C=O) groups excluding carboxylic acids is 4. The van der Waals surface area contributed by atoms with Crippen LogP contribution in [0.15, 0.2) is 0 Å². The molecule has 3 amide bonds. The molecular weight excluding hydrogens is 1270 g/mol. The lowest BCUT2D eigenvalue weighted by atomic mass is 9.87. The van der Waals surface area contributed by atoms with Crippen molar-refractivity contribution in [3.63, 3.8) is 0 Å². The van der Waals surface area contributed by atoms with E-state index in [1.807, 2.05) is 0 Å². The number of hydrogen-bond acceptors (Lipinski definition) is 37. The molecule has 0 aromatic carbocycles. The summed E-state index contributed by atoms with van der Waals surface area (Å²) in [5, 5.41) is 216. The fraction of sp³-hybridized carbons (Fsp3) is 0.925. The van der Waals surface area contributed by atoms with Crippen LogP contribution in [0.4, 0.5) is 0 Å². The molecule has 0 radical (unpaired) electrons. The second-order valence-electron chi connectivity index (χ2n) is 23.8. The third-order valence-electron chi connectivity index (χ3n) is 17.2. The molecule has 7 rings (SSSR count). The molecule has 7 aliphatic rings. The van der Waals surface area contributed by atoms with Crippen molar-refractivity contribution < 1.29 is 183 Å². The van der Waals surface area contributed by atoms with E-state index in [0.717, 1.165) is 13.8 Å². The molecule has 0 spiro atoms. The maximum absolute atomic E-state index is 12.9. The summed E-state index contributed by atoms with van der Waals surface area (Å²) < 4.78 is 81.6. The van der Waals surface area contributed by atoms with E-state index in [0.29, 0.717) is 0 Å². The van der Waals surface area contributed by atoms with Crippen LogP contribution < -0.4 is 16.0 Å². The van der Waals surface area contributed by atoms with Gasteiger partial charge in [0.2, 0.25) is 17.7 Å². The molecule has 93 heavy (non-hydrogen) atoms. The molecule has 0 aromatic heterocycles. The van der Waals surface area contributed by atoms with Crippen LogP contribution in [-0.4, -0.2) is 382 Å². The minimum Gasteiger partial charge on any atom is -0.410 e. The predicted molar refractivity (Wildman–Crippen MR) is 290 cm³/mol. The van der Waals surface area contributed by atoms with Crippen molar-refractivity contribution in [1.29, 1.82) is 0 Å². The Morgan fingerprint density at radius 3 is 1.38 bits per heavy atom. The van der Waals surface area contributed by atoms with E-state index >= 15 is 0 Å². The summed E-state index contributed by atoms with van der Waals surface area (Å²) in [6, 6.07) is -4.72. The first-order valence-electron chi connectivity index (χ1n) is 29.9. The van der Waals surface area contributed by atoms with Crippen LogP contribution in [0.5, 0.6) is 0 Å². The molecular formula is C53H89N3O37. The number of carbonyl (C=O) groups is 4. The predicted octanol–water partition coefficient (Wildman–Crippen LogP) is -14.2. The van der Waals surface area contributed by atoms with Crippen LogP contribution in [0.3, 0.4) is 0 Å². The smallest absolute Gasteiger partial charge is 0.332 e. The number of ether oxygens (including phenoxy) is 14. The molecule has 0 aliphatic carbocycles. The molecule has 0 aromatic rings. The van der Waals surface area contributed by atoms with Gasteiger partial charge in [-0.15, -0.1) is 0 Å². The molecule has 40 nitrogen and oxygen atoms in total. The summed E-state index contributed by atoms with van der Waals surface area (Å²) in [5.74, 6) is -5.88. The van der Waals surface area contributed by atoms with Gasteiger partial charge in [-0.1, -0.05) is 6.92 Å². The fourth-order valence-electron chi connectivity index (χ4n) is 12.2. The average Bonchev–Trinajstić information content (AvgIpc) is 0.849. The standard InChI is InChI=1S/C53H89N3O37/c1-15-20(67)6-53(81-14-63,93-42(15)31(69)21(68)7-57)80-13-27-33(71)38(76)40(78)50(87-27)89-44-25(11-61)86-49(30(37(44)75)56-19(5)66)92-47-39(77)32(70)22(8-58)84-52(47)91-46-34(72)23(9-59)83-51(41(46)79)90-45-26(12-62)85-48(29(36(45)74)55-18(4)65)88-43-24(10-60)82-16(2)28(35(43)73)54-17(3)64/h14-16,20-52,57-62,67-79H,6-13H2,1-5H3,(H,54,64)(H,55,65)(H,56,66)/t15-,16+,20+,21+,22-,23?,24?,25?,26?,27?,28?,29?,30?,31-,32+,33+,34+,35-,36-,37-,38+,39?,40?,41?,42?,43+,44+,45+,46+,47?,48+,49+,50+,51+,52+,53+/m1/s1. The van der Waals surface area contributed by atoms with Gasteiger partial charge in [0.15, 0.2) is 31.5 Å². The van der Waals surface area contributed by atoms with Crippen LogP contribution in [0.25, 0.3) is 0 Å². The number of aliphatic hydroxyl groups excluding tert-OH is 19. The van der Waals surface area contributed by atoms with Crippen molar-refractivity contribution in [2.75, 3.05) is 46.2 Å². The van der Waals surface area contributed by atoms with E-state index < -0.39 is 291 Å².